The van der Waals surface area contributed by atoms with Crippen molar-refractivity contribution >= 4 is 5.78 Å². The van der Waals surface area contributed by atoms with Crippen molar-refractivity contribution < 1.29 is 15.0 Å². The van der Waals surface area contributed by atoms with E-state index in [1.54, 1.807) is 0 Å². The van der Waals surface area contributed by atoms with Crippen LogP contribution in [-0.4, -0.2) is 47.1 Å². The fourth-order valence-corrected chi connectivity index (χ4v) is 2.29. The molecule has 2 rings (SSSR count). The number of likely N-dealkylation sites (tertiary alicyclic amines) is 1. The maximum absolute atomic E-state index is 12.0. The predicted octanol–water partition coefficient (Wildman–Crippen LogP) is 0.561. The number of carbonyl (C=O) groups excluding carboxylic acids is 1. The minimum Gasteiger partial charge on any atom is -0.508 e. The van der Waals surface area contributed by atoms with E-state index >= 15 is 0 Å². The van der Waals surface area contributed by atoms with Crippen LogP contribution in [0.2, 0.25) is 0 Å². The maximum Gasteiger partial charge on any atom is 0.180 e. The Balaban J connectivity index is 2.00. The van der Waals surface area contributed by atoms with Crippen LogP contribution in [0.1, 0.15) is 16.8 Å². The molecule has 98 valence electrons. The summed E-state index contributed by atoms with van der Waals surface area (Å²) in [5.74, 6) is 0.111. The lowest BCUT2D eigenvalue weighted by Gasteiger charge is -2.15. The van der Waals surface area contributed by atoms with E-state index in [0.717, 1.165) is 19.5 Å². The number of aromatic hydroxyl groups is 2. The summed E-state index contributed by atoms with van der Waals surface area (Å²) in [4.78, 5) is 14.1. The highest BCUT2D eigenvalue weighted by atomic mass is 16.3. The second kappa shape index (κ2) is 5.37. The molecule has 0 saturated carbocycles. The van der Waals surface area contributed by atoms with Crippen molar-refractivity contribution in [1.29, 1.82) is 0 Å². The van der Waals surface area contributed by atoms with Crippen molar-refractivity contribution in [2.75, 3.05) is 26.2 Å². The summed E-state index contributed by atoms with van der Waals surface area (Å²) < 4.78 is 0. The number of nitrogens with zero attached hydrogens (tertiary/aromatic N) is 1. The molecule has 1 aromatic rings. The lowest BCUT2D eigenvalue weighted by Crippen LogP contribution is -2.29. The number of Topliss-reactive ketones (excluding diaryl/α,β-unsaturated/α-hetero) is 1. The number of hydrogen-bond donors (Lipinski definition) is 3. The molecular weight excluding hydrogens is 232 g/mol. The number of benzene rings is 1. The topological polar surface area (TPSA) is 86.8 Å². The largest absolute Gasteiger partial charge is 0.508 e. The molecular formula is C13H18N2O3. The zero-order chi connectivity index (χ0) is 13.1. The van der Waals surface area contributed by atoms with Gasteiger partial charge in [-0.2, -0.15) is 0 Å². The van der Waals surface area contributed by atoms with Crippen LogP contribution in [-0.2, 0) is 0 Å². The van der Waals surface area contributed by atoms with E-state index in [1.807, 2.05) is 4.90 Å². The minimum absolute atomic E-state index is 0.0478. The SMILES string of the molecule is NCC1CCN(CC(=O)c2ccc(O)cc2O)C1. The summed E-state index contributed by atoms with van der Waals surface area (Å²) in [5, 5.41) is 18.8. The molecule has 1 aliphatic heterocycles. The number of rotatable bonds is 4. The number of phenolic OH excluding ortho intramolecular Hbond substituents is 2. The van der Waals surface area contributed by atoms with Crippen LogP contribution in [0.25, 0.3) is 0 Å². The zero-order valence-electron chi connectivity index (χ0n) is 10.2. The first-order valence-electron chi connectivity index (χ1n) is 6.07. The Morgan fingerprint density at radius 2 is 2.22 bits per heavy atom. The summed E-state index contributed by atoms with van der Waals surface area (Å²) in [6, 6.07) is 4.03. The zero-order valence-corrected chi connectivity index (χ0v) is 10.2. The van der Waals surface area contributed by atoms with Crippen molar-refractivity contribution in [3.63, 3.8) is 0 Å². The van der Waals surface area contributed by atoms with Gasteiger partial charge in [-0.25, -0.2) is 0 Å². The first-order chi connectivity index (χ1) is 8.60. The number of hydrogen-bond acceptors (Lipinski definition) is 5. The molecule has 1 heterocycles. The van der Waals surface area contributed by atoms with Crippen molar-refractivity contribution in [2.45, 2.75) is 6.42 Å². The van der Waals surface area contributed by atoms with Gasteiger partial charge in [0.1, 0.15) is 11.5 Å². The molecule has 1 unspecified atom stereocenters. The lowest BCUT2D eigenvalue weighted by atomic mass is 10.1. The molecule has 1 fully saturated rings. The Morgan fingerprint density at radius 3 is 2.83 bits per heavy atom. The van der Waals surface area contributed by atoms with Gasteiger partial charge in [0.05, 0.1) is 12.1 Å². The molecule has 5 heteroatoms. The van der Waals surface area contributed by atoms with E-state index in [1.165, 1.54) is 18.2 Å². The molecule has 0 aliphatic carbocycles. The van der Waals surface area contributed by atoms with Crippen LogP contribution in [0.15, 0.2) is 18.2 Å². The molecule has 1 aromatic carbocycles. The number of nitrogens with two attached hydrogens (primary N) is 1. The highest BCUT2D eigenvalue weighted by Crippen LogP contribution is 2.24. The number of carbonyl (C=O) groups is 1. The lowest BCUT2D eigenvalue weighted by molar-refractivity contribution is 0.0941. The van der Waals surface area contributed by atoms with Gasteiger partial charge in [0.25, 0.3) is 0 Å². The Hall–Kier alpha value is -1.59. The monoisotopic (exact) mass is 250 g/mol. The molecule has 18 heavy (non-hydrogen) atoms. The van der Waals surface area contributed by atoms with Crippen molar-refractivity contribution in [2.24, 2.45) is 11.7 Å². The third-order valence-corrected chi connectivity index (χ3v) is 3.35. The second-order valence-electron chi connectivity index (χ2n) is 4.75. The van der Waals surface area contributed by atoms with Crippen LogP contribution < -0.4 is 5.73 Å². The number of ketones is 1. The molecule has 1 saturated heterocycles. The summed E-state index contributed by atoms with van der Waals surface area (Å²) in [7, 11) is 0. The molecule has 1 atom stereocenters. The van der Waals surface area contributed by atoms with Gasteiger partial charge < -0.3 is 15.9 Å². The van der Waals surface area contributed by atoms with Gasteiger partial charge in [-0.05, 0) is 37.6 Å². The first kappa shape index (κ1) is 12.9. The van der Waals surface area contributed by atoms with Crippen LogP contribution in [0, 0.1) is 5.92 Å². The minimum atomic E-state index is -0.172. The molecule has 0 radical (unpaired) electrons. The Morgan fingerprint density at radius 1 is 1.44 bits per heavy atom. The third-order valence-electron chi connectivity index (χ3n) is 3.35. The van der Waals surface area contributed by atoms with E-state index in [2.05, 4.69) is 0 Å². The molecule has 5 nitrogen and oxygen atoms in total. The van der Waals surface area contributed by atoms with Crippen LogP contribution in [0.4, 0.5) is 0 Å². The summed E-state index contributed by atoms with van der Waals surface area (Å²) in [6.45, 7) is 2.64. The van der Waals surface area contributed by atoms with E-state index in [-0.39, 0.29) is 29.4 Å². The van der Waals surface area contributed by atoms with E-state index in [0.29, 0.717) is 12.5 Å². The fraction of sp³-hybridized carbons (Fsp3) is 0.462. The quantitative estimate of drug-likeness (QED) is 0.680. The molecule has 4 N–H and O–H groups in total. The maximum atomic E-state index is 12.0. The van der Waals surface area contributed by atoms with Gasteiger partial charge in [0, 0.05) is 12.6 Å². The Kier molecular flexibility index (Phi) is 3.84. The van der Waals surface area contributed by atoms with Crippen molar-refractivity contribution in [3.8, 4) is 11.5 Å². The summed E-state index contributed by atoms with van der Waals surface area (Å²) in [6.07, 6.45) is 1.02. The standard InChI is InChI=1S/C13H18N2O3/c14-6-9-3-4-15(7-9)8-13(18)11-2-1-10(16)5-12(11)17/h1-2,5,9,16-17H,3-4,6-8,14H2. The van der Waals surface area contributed by atoms with Gasteiger partial charge >= 0.3 is 0 Å². The van der Waals surface area contributed by atoms with Gasteiger partial charge in [-0.15, -0.1) is 0 Å². The molecule has 0 aromatic heterocycles. The van der Waals surface area contributed by atoms with Crippen molar-refractivity contribution in [3.05, 3.63) is 23.8 Å². The molecule has 0 spiro atoms. The number of phenols is 2. The Bertz CT molecular complexity index is 448. The van der Waals surface area contributed by atoms with E-state index < -0.39 is 0 Å². The van der Waals surface area contributed by atoms with Crippen LogP contribution in [0.5, 0.6) is 11.5 Å². The van der Waals surface area contributed by atoms with Gasteiger partial charge in [0.2, 0.25) is 0 Å². The van der Waals surface area contributed by atoms with Gasteiger partial charge in [-0.1, -0.05) is 0 Å². The first-order valence-corrected chi connectivity index (χ1v) is 6.07. The van der Waals surface area contributed by atoms with Crippen LogP contribution >= 0.6 is 0 Å². The fourth-order valence-electron chi connectivity index (χ4n) is 2.29. The average Bonchev–Trinajstić information content (AvgIpc) is 2.76. The highest BCUT2D eigenvalue weighted by Gasteiger charge is 2.24. The molecule has 0 amide bonds. The normalized spacial score (nSPS) is 20.2. The molecule has 1 aliphatic rings. The van der Waals surface area contributed by atoms with E-state index in [4.69, 9.17) is 5.73 Å². The molecule has 0 bridgehead atoms. The Labute approximate surface area is 106 Å². The summed E-state index contributed by atoms with van der Waals surface area (Å²) in [5.41, 5.74) is 5.85. The second-order valence-corrected chi connectivity index (χ2v) is 4.75. The third kappa shape index (κ3) is 2.80. The van der Waals surface area contributed by atoms with E-state index in [9.17, 15) is 15.0 Å². The smallest absolute Gasteiger partial charge is 0.180 e. The van der Waals surface area contributed by atoms with Crippen molar-refractivity contribution in [1.82, 2.24) is 4.90 Å². The van der Waals surface area contributed by atoms with Gasteiger partial charge in [-0.3, -0.25) is 9.69 Å². The predicted molar refractivity (Wildman–Crippen MR) is 67.7 cm³/mol. The van der Waals surface area contributed by atoms with Crippen LogP contribution in [0.3, 0.4) is 0 Å². The summed E-state index contributed by atoms with van der Waals surface area (Å²) >= 11 is 0. The highest BCUT2D eigenvalue weighted by molar-refractivity contribution is 6.00. The average molecular weight is 250 g/mol. The van der Waals surface area contributed by atoms with Gasteiger partial charge in [0.15, 0.2) is 5.78 Å².